The minimum Gasteiger partial charge on any atom is -0.486 e. The maximum Gasteiger partial charge on any atom is 0.277 e. The van der Waals surface area contributed by atoms with Crippen LogP contribution in [-0.2, 0) is 12.4 Å². The van der Waals surface area contributed by atoms with Gasteiger partial charge in [0.25, 0.3) is 5.22 Å². The third-order valence-electron chi connectivity index (χ3n) is 4.20. The second kappa shape index (κ2) is 8.80. The summed E-state index contributed by atoms with van der Waals surface area (Å²) in [7, 11) is 0. The Bertz CT molecular complexity index is 1080. The fourth-order valence-corrected chi connectivity index (χ4v) is 4.35. The Kier molecular flexibility index (Phi) is 5.97. The average Bonchev–Trinajstić information content (AvgIpc) is 3.35. The van der Waals surface area contributed by atoms with Crippen molar-refractivity contribution in [3.05, 3.63) is 75.2 Å². The summed E-state index contributed by atoms with van der Waals surface area (Å²) in [5, 5.41) is 11.9. The van der Waals surface area contributed by atoms with Gasteiger partial charge in [0.15, 0.2) is 0 Å². The van der Waals surface area contributed by atoms with Crippen LogP contribution in [0.3, 0.4) is 0 Å². The Morgan fingerprint density at radius 1 is 0.966 bits per heavy atom. The minimum atomic E-state index is 0.468. The van der Waals surface area contributed by atoms with Gasteiger partial charge < -0.3 is 9.15 Å². The van der Waals surface area contributed by atoms with E-state index in [0.29, 0.717) is 23.5 Å². The zero-order valence-electron chi connectivity index (χ0n) is 16.5. The second-order valence-corrected chi connectivity index (χ2v) is 8.74. The molecule has 0 spiro atoms. The highest BCUT2D eigenvalue weighted by Gasteiger charge is 2.11. The topological polar surface area (TPSA) is 61.0 Å². The Labute approximate surface area is 178 Å². The van der Waals surface area contributed by atoms with Gasteiger partial charge in [-0.1, -0.05) is 46.7 Å². The average molecular weight is 424 g/mol. The van der Waals surface area contributed by atoms with E-state index in [0.717, 1.165) is 22.0 Å². The molecular formula is C22H21N3O2S2. The first-order valence-electron chi connectivity index (χ1n) is 9.23. The highest BCUT2D eigenvalue weighted by molar-refractivity contribution is 7.98. The smallest absolute Gasteiger partial charge is 0.277 e. The molecule has 0 aliphatic carbocycles. The summed E-state index contributed by atoms with van der Waals surface area (Å²) < 4.78 is 11.6. The third kappa shape index (κ3) is 5.25. The van der Waals surface area contributed by atoms with Crippen LogP contribution in [0.4, 0.5) is 0 Å². The number of rotatable bonds is 7. The van der Waals surface area contributed by atoms with E-state index in [1.165, 1.54) is 28.5 Å². The molecule has 0 saturated carbocycles. The first kappa shape index (κ1) is 19.7. The van der Waals surface area contributed by atoms with Crippen molar-refractivity contribution in [2.45, 2.75) is 38.4 Å². The van der Waals surface area contributed by atoms with Gasteiger partial charge in [0.2, 0.25) is 5.89 Å². The molecule has 0 aliphatic rings. The van der Waals surface area contributed by atoms with E-state index >= 15 is 0 Å². The van der Waals surface area contributed by atoms with Gasteiger partial charge in [0, 0.05) is 16.7 Å². The molecule has 4 aromatic rings. The lowest BCUT2D eigenvalue weighted by Gasteiger charge is -2.03. The first-order chi connectivity index (χ1) is 14.0. The Morgan fingerprint density at radius 2 is 1.72 bits per heavy atom. The van der Waals surface area contributed by atoms with E-state index < -0.39 is 0 Å². The van der Waals surface area contributed by atoms with Crippen LogP contribution in [0.15, 0.2) is 57.5 Å². The molecule has 4 rings (SSSR count). The Hall–Kier alpha value is -2.64. The molecule has 0 N–H and O–H groups in total. The molecule has 0 aliphatic heterocycles. The predicted octanol–water partition coefficient (Wildman–Crippen LogP) is 5.99. The molecule has 0 saturated heterocycles. The number of thiazole rings is 1. The van der Waals surface area contributed by atoms with Gasteiger partial charge in [0.05, 0.1) is 5.69 Å². The standard InChI is InChI=1S/C22H21N3O2S2/c1-14-4-6-19(7-5-14)26-11-20-23-18(12-28-20)13-29-22-25-24-21(27-22)17-9-15(2)8-16(3)10-17/h4-10,12H,11,13H2,1-3H3. The summed E-state index contributed by atoms with van der Waals surface area (Å²) in [6, 6.07) is 14.3. The van der Waals surface area contributed by atoms with Crippen molar-refractivity contribution in [1.29, 1.82) is 0 Å². The lowest BCUT2D eigenvalue weighted by Crippen LogP contribution is -1.95. The lowest BCUT2D eigenvalue weighted by atomic mass is 10.1. The first-order valence-corrected chi connectivity index (χ1v) is 11.1. The number of aromatic nitrogens is 3. The highest BCUT2D eigenvalue weighted by atomic mass is 32.2. The van der Waals surface area contributed by atoms with Gasteiger partial charge in [-0.05, 0) is 45.0 Å². The van der Waals surface area contributed by atoms with Gasteiger partial charge in [-0.25, -0.2) is 4.98 Å². The van der Waals surface area contributed by atoms with Crippen molar-refractivity contribution in [1.82, 2.24) is 15.2 Å². The van der Waals surface area contributed by atoms with Crippen LogP contribution in [0.5, 0.6) is 5.75 Å². The second-order valence-electron chi connectivity index (χ2n) is 6.87. The van der Waals surface area contributed by atoms with Crippen molar-refractivity contribution < 1.29 is 9.15 Å². The summed E-state index contributed by atoms with van der Waals surface area (Å²) in [5.41, 5.74) is 5.50. The van der Waals surface area contributed by atoms with Crippen LogP contribution in [-0.4, -0.2) is 15.2 Å². The summed E-state index contributed by atoms with van der Waals surface area (Å²) >= 11 is 3.09. The maximum absolute atomic E-state index is 5.81. The summed E-state index contributed by atoms with van der Waals surface area (Å²) in [4.78, 5) is 4.63. The number of hydrogen-bond donors (Lipinski definition) is 0. The fourth-order valence-electron chi connectivity index (χ4n) is 2.88. The zero-order chi connectivity index (χ0) is 20.2. The predicted molar refractivity (Wildman–Crippen MR) is 116 cm³/mol. The molecule has 0 fully saturated rings. The van der Waals surface area contributed by atoms with Crippen molar-refractivity contribution in [3.8, 4) is 17.2 Å². The maximum atomic E-state index is 5.81. The van der Waals surface area contributed by atoms with Gasteiger partial charge in [-0.2, -0.15) is 0 Å². The SMILES string of the molecule is Cc1ccc(OCc2nc(CSc3nnc(-c4cc(C)cc(C)c4)o3)cs2)cc1. The molecule has 2 aromatic heterocycles. The minimum absolute atomic E-state index is 0.468. The van der Waals surface area contributed by atoms with Gasteiger partial charge >= 0.3 is 0 Å². The van der Waals surface area contributed by atoms with Crippen LogP contribution >= 0.6 is 23.1 Å². The lowest BCUT2D eigenvalue weighted by molar-refractivity contribution is 0.305. The number of benzene rings is 2. The monoisotopic (exact) mass is 423 g/mol. The fraction of sp³-hybridized carbons (Fsp3) is 0.227. The molecule has 0 bridgehead atoms. The number of nitrogens with zero attached hydrogens (tertiary/aromatic N) is 3. The highest BCUT2D eigenvalue weighted by Crippen LogP contribution is 2.27. The van der Waals surface area contributed by atoms with Crippen LogP contribution in [0, 0.1) is 20.8 Å². The largest absolute Gasteiger partial charge is 0.486 e. The molecule has 0 radical (unpaired) electrons. The molecule has 5 nitrogen and oxygen atoms in total. The van der Waals surface area contributed by atoms with E-state index in [1.54, 1.807) is 11.3 Å². The molecule has 0 unspecified atom stereocenters. The summed E-state index contributed by atoms with van der Waals surface area (Å²) in [5.74, 6) is 2.08. The molecule has 2 heterocycles. The van der Waals surface area contributed by atoms with Crippen LogP contribution < -0.4 is 4.74 Å². The van der Waals surface area contributed by atoms with E-state index in [9.17, 15) is 0 Å². The zero-order valence-corrected chi connectivity index (χ0v) is 18.1. The summed E-state index contributed by atoms with van der Waals surface area (Å²) in [6.45, 7) is 6.65. The Morgan fingerprint density at radius 3 is 2.48 bits per heavy atom. The van der Waals surface area contributed by atoms with E-state index in [2.05, 4.69) is 54.2 Å². The molecular weight excluding hydrogens is 402 g/mol. The third-order valence-corrected chi connectivity index (χ3v) is 5.92. The van der Waals surface area contributed by atoms with Crippen LogP contribution in [0.2, 0.25) is 0 Å². The van der Waals surface area contributed by atoms with Crippen molar-refractivity contribution in [2.75, 3.05) is 0 Å². The van der Waals surface area contributed by atoms with E-state index in [1.807, 2.05) is 29.6 Å². The summed E-state index contributed by atoms with van der Waals surface area (Å²) in [6.07, 6.45) is 0. The van der Waals surface area contributed by atoms with Gasteiger partial charge in [-0.15, -0.1) is 21.5 Å². The number of thioether (sulfide) groups is 1. The molecule has 148 valence electrons. The number of aryl methyl sites for hydroxylation is 3. The van der Waals surface area contributed by atoms with Gasteiger partial charge in [-0.3, -0.25) is 0 Å². The van der Waals surface area contributed by atoms with Crippen LogP contribution in [0.25, 0.3) is 11.5 Å². The molecule has 29 heavy (non-hydrogen) atoms. The number of hydrogen-bond acceptors (Lipinski definition) is 7. The van der Waals surface area contributed by atoms with Crippen molar-refractivity contribution in [3.63, 3.8) is 0 Å². The normalized spacial score (nSPS) is 11.0. The number of ether oxygens (including phenoxy) is 1. The van der Waals surface area contributed by atoms with E-state index in [-0.39, 0.29) is 0 Å². The molecule has 7 heteroatoms. The van der Waals surface area contributed by atoms with E-state index in [4.69, 9.17) is 9.15 Å². The van der Waals surface area contributed by atoms with Crippen molar-refractivity contribution in [2.24, 2.45) is 0 Å². The Balaban J connectivity index is 1.33. The molecule has 2 aromatic carbocycles. The molecule has 0 amide bonds. The van der Waals surface area contributed by atoms with Crippen molar-refractivity contribution >= 4 is 23.1 Å². The quantitative estimate of drug-likeness (QED) is 0.340. The molecule has 0 atom stereocenters. The van der Waals surface area contributed by atoms with Gasteiger partial charge in [0.1, 0.15) is 17.4 Å². The van der Waals surface area contributed by atoms with Crippen LogP contribution in [0.1, 0.15) is 27.4 Å².